The smallest absolute Gasteiger partial charge is 0.222 e. The number of likely N-dealkylation sites (tertiary alicyclic amines) is 1. The molecule has 10 heteroatoms. The van der Waals surface area contributed by atoms with Crippen LogP contribution in [0.1, 0.15) is 52.3 Å². The van der Waals surface area contributed by atoms with Crippen LogP contribution in [-0.4, -0.2) is 70.5 Å². The van der Waals surface area contributed by atoms with Gasteiger partial charge in [0.1, 0.15) is 5.82 Å². The molecule has 0 unspecified atom stereocenters. The lowest BCUT2D eigenvalue weighted by atomic mass is 10.2. The lowest BCUT2D eigenvalue weighted by Gasteiger charge is -2.15. The molecule has 172 valence electrons. The molecule has 1 aromatic heterocycles. The van der Waals surface area contributed by atoms with E-state index in [9.17, 15) is 4.79 Å². The van der Waals surface area contributed by atoms with Crippen molar-refractivity contribution in [3.63, 3.8) is 0 Å². The number of hydrogen-bond acceptors (Lipinski definition) is 5. The Morgan fingerprint density at radius 2 is 2.07 bits per heavy atom. The minimum atomic E-state index is 0. The molecule has 1 saturated heterocycles. The van der Waals surface area contributed by atoms with E-state index in [1.165, 1.54) is 0 Å². The fraction of sp³-hybridized carbons (Fsp3) is 0.800. The number of carbonyl (C=O) groups is 1. The second-order valence-electron chi connectivity index (χ2n) is 7.74. The molecule has 0 aliphatic carbocycles. The molecule has 1 aromatic rings. The van der Waals surface area contributed by atoms with E-state index >= 15 is 0 Å². The first kappa shape index (κ1) is 27.0. The number of aliphatic imine (C=N–C) groups is 1. The van der Waals surface area contributed by atoms with Gasteiger partial charge in [0.15, 0.2) is 11.1 Å². The highest BCUT2D eigenvalue weighted by Crippen LogP contribution is 2.16. The van der Waals surface area contributed by atoms with E-state index in [0.717, 1.165) is 81.9 Å². The second-order valence-corrected chi connectivity index (χ2v) is 8.51. The SMILES string of the molecule is CCNC(=NCCCN1CCCC1=O)NCCCc1nnc(SC)n1CC(C)C.I. The summed E-state index contributed by atoms with van der Waals surface area (Å²) in [4.78, 5) is 18.2. The van der Waals surface area contributed by atoms with Crippen molar-refractivity contribution in [1.29, 1.82) is 0 Å². The van der Waals surface area contributed by atoms with E-state index in [-0.39, 0.29) is 29.9 Å². The highest BCUT2D eigenvalue weighted by molar-refractivity contribution is 14.0. The minimum absolute atomic E-state index is 0. The molecule has 1 amide bonds. The molecule has 0 spiro atoms. The summed E-state index contributed by atoms with van der Waals surface area (Å²) in [5.41, 5.74) is 0. The molecular formula is C20H38IN7OS. The number of hydrogen-bond donors (Lipinski definition) is 2. The standard InChI is InChI=1S/C20H37N7OS.HI/c1-5-21-19(23-12-8-14-26-13-7-10-18(26)28)22-11-6-9-17-24-25-20(29-4)27(17)15-16(2)3;/h16H,5-15H2,1-4H3,(H2,21,22,23);1H. The molecular weight excluding hydrogens is 513 g/mol. The number of aromatic nitrogens is 3. The van der Waals surface area contributed by atoms with Gasteiger partial charge in [-0.25, -0.2) is 0 Å². The van der Waals surface area contributed by atoms with Crippen molar-refractivity contribution in [3.8, 4) is 0 Å². The van der Waals surface area contributed by atoms with Gasteiger partial charge < -0.3 is 20.1 Å². The van der Waals surface area contributed by atoms with Gasteiger partial charge in [0, 0.05) is 52.1 Å². The van der Waals surface area contributed by atoms with Gasteiger partial charge in [0.05, 0.1) is 0 Å². The molecule has 2 rings (SSSR count). The molecule has 0 aromatic carbocycles. The maximum Gasteiger partial charge on any atom is 0.222 e. The van der Waals surface area contributed by atoms with Crippen LogP contribution in [0.25, 0.3) is 0 Å². The number of amides is 1. The Kier molecular flexibility index (Phi) is 13.4. The molecule has 2 N–H and O–H groups in total. The number of nitrogens with zero attached hydrogens (tertiary/aromatic N) is 5. The third-order valence-corrected chi connectivity index (χ3v) is 5.43. The quantitative estimate of drug-likeness (QED) is 0.137. The van der Waals surface area contributed by atoms with E-state index in [4.69, 9.17) is 0 Å². The first-order valence-electron chi connectivity index (χ1n) is 10.8. The zero-order valence-electron chi connectivity index (χ0n) is 18.8. The second kappa shape index (κ2) is 14.9. The summed E-state index contributed by atoms with van der Waals surface area (Å²) in [5, 5.41) is 16.4. The highest BCUT2D eigenvalue weighted by atomic mass is 127. The Hall–Kier alpha value is -1.04. The third-order valence-electron chi connectivity index (χ3n) is 4.77. The Morgan fingerprint density at radius 1 is 1.27 bits per heavy atom. The van der Waals surface area contributed by atoms with Crippen LogP contribution >= 0.6 is 35.7 Å². The fourth-order valence-corrected chi connectivity index (χ4v) is 3.91. The van der Waals surface area contributed by atoms with E-state index in [0.29, 0.717) is 12.3 Å². The Bertz CT molecular complexity index is 666. The predicted octanol–water partition coefficient (Wildman–Crippen LogP) is 2.77. The van der Waals surface area contributed by atoms with Crippen LogP contribution in [0.15, 0.2) is 10.1 Å². The van der Waals surface area contributed by atoms with E-state index in [1.54, 1.807) is 11.8 Å². The lowest BCUT2D eigenvalue weighted by Crippen LogP contribution is -2.38. The largest absolute Gasteiger partial charge is 0.357 e. The van der Waals surface area contributed by atoms with Crippen molar-refractivity contribution >= 4 is 47.6 Å². The molecule has 0 saturated carbocycles. The molecule has 0 bridgehead atoms. The zero-order chi connectivity index (χ0) is 21.1. The van der Waals surface area contributed by atoms with Crippen LogP contribution in [0, 0.1) is 5.92 Å². The number of carbonyl (C=O) groups excluding carboxylic acids is 1. The maximum atomic E-state index is 11.7. The van der Waals surface area contributed by atoms with Gasteiger partial charge in [0.2, 0.25) is 5.91 Å². The summed E-state index contributed by atoms with van der Waals surface area (Å²) in [6.07, 6.45) is 6.51. The predicted molar refractivity (Wildman–Crippen MR) is 135 cm³/mol. The Balaban J connectivity index is 0.00000450. The molecule has 0 atom stereocenters. The van der Waals surface area contributed by atoms with Crippen molar-refractivity contribution in [3.05, 3.63) is 5.82 Å². The van der Waals surface area contributed by atoms with Gasteiger partial charge in [-0.1, -0.05) is 25.6 Å². The molecule has 1 fully saturated rings. The maximum absolute atomic E-state index is 11.7. The van der Waals surface area contributed by atoms with Crippen LogP contribution in [0.2, 0.25) is 0 Å². The first-order chi connectivity index (χ1) is 14.0. The van der Waals surface area contributed by atoms with Crippen LogP contribution in [0.4, 0.5) is 0 Å². The van der Waals surface area contributed by atoms with Crippen LogP contribution in [0.5, 0.6) is 0 Å². The van der Waals surface area contributed by atoms with Crippen molar-refractivity contribution in [2.45, 2.75) is 64.6 Å². The highest BCUT2D eigenvalue weighted by Gasteiger charge is 2.18. The summed E-state index contributed by atoms with van der Waals surface area (Å²) < 4.78 is 2.24. The third kappa shape index (κ3) is 8.99. The average Bonchev–Trinajstić information content (AvgIpc) is 3.27. The number of nitrogens with one attached hydrogen (secondary N) is 2. The number of guanidine groups is 1. The molecule has 1 aliphatic heterocycles. The van der Waals surface area contributed by atoms with Crippen molar-refractivity contribution in [2.24, 2.45) is 10.9 Å². The van der Waals surface area contributed by atoms with Gasteiger partial charge in [-0.05, 0) is 38.4 Å². The zero-order valence-corrected chi connectivity index (χ0v) is 22.0. The Morgan fingerprint density at radius 3 is 2.70 bits per heavy atom. The van der Waals surface area contributed by atoms with Crippen LogP contribution in [0.3, 0.4) is 0 Å². The van der Waals surface area contributed by atoms with Gasteiger partial charge in [0.25, 0.3) is 0 Å². The van der Waals surface area contributed by atoms with Gasteiger partial charge in [-0.3, -0.25) is 9.79 Å². The van der Waals surface area contributed by atoms with Crippen molar-refractivity contribution in [2.75, 3.05) is 39.0 Å². The van der Waals surface area contributed by atoms with Crippen molar-refractivity contribution in [1.82, 2.24) is 30.3 Å². The normalized spacial score (nSPS) is 14.4. The van der Waals surface area contributed by atoms with E-state index in [1.807, 2.05) is 11.2 Å². The van der Waals surface area contributed by atoms with Crippen LogP contribution < -0.4 is 10.6 Å². The topological polar surface area (TPSA) is 87.4 Å². The molecule has 1 aliphatic rings. The van der Waals surface area contributed by atoms with E-state index in [2.05, 4.69) is 51.2 Å². The van der Waals surface area contributed by atoms with Crippen molar-refractivity contribution < 1.29 is 4.79 Å². The summed E-state index contributed by atoms with van der Waals surface area (Å²) in [7, 11) is 0. The first-order valence-corrected chi connectivity index (χ1v) is 12.0. The number of aryl methyl sites for hydroxylation is 1. The van der Waals surface area contributed by atoms with Gasteiger partial charge in [-0.15, -0.1) is 34.2 Å². The van der Waals surface area contributed by atoms with E-state index < -0.39 is 0 Å². The summed E-state index contributed by atoms with van der Waals surface area (Å²) in [6, 6.07) is 0. The molecule has 8 nitrogen and oxygen atoms in total. The molecule has 2 heterocycles. The number of rotatable bonds is 12. The lowest BCUT2D eigenvalue weighted by molar-refractivity contribution is -0.127. The summed E-state index contributed by atoms with van der Waals surface area (Å²) in [5.74, 6) is 2.75. The van der Waals surface area contributed by atoms with Crippen LogP contribution in [-0.2, 0) is 17.8 Å². The molecule has 0 radical (unpaired) electrons. The Labute approximate surface area is 202 Å². The fourth-order valence-electron chi connectivity index (χ4n) is 3.39. The monoisotopic (exact) mass is 551 g/mol. The summed E-state index contributed by atoms with van der Waals surface area (Å²) >= 11 is 1.65. The molecule has 30 heavy (non-hydrogen) atoms. The minimum Gasteiger partial charge on any atom is -0.357 e. The average molecular weight is 552 g/mol. The number of halogens is 1. The summed E-state index contributed by atoms with van der Waals surface area (Å²) in [6.45, 7) is 11.6. The number of thioether (sulfide) groups is 1. The van der Waals surface area contributed by atoms with Gasteiger partial charge in [-0.2, -0.15) is 0 Å². The van der Waals surface area contributed by atoms with Gasteiger partial charge >= 0.3 is 0 Å².